The number of nitrogens with one attached hydrogen (secondary N) is 2. The highest BCUT2D eigenvalue weighted by atomic mass is 79.9. The van der Waals surface area contributed by atoms with Gasteiger partial charge in [0.05, 0.1) is 6.61 Å². The van der Waals surface area contributed by atoms with E-state index in [0.29, 0.717) is 41.8 Å². The van der Waals surface area contributed by atoms with Crippen LogP contribution in [0.25, 0.3) is 0 Å². The average molecular weight is 728 g/mol. The van der Waals surface area contributed by atoms with Gasteiger partial charge in [-0.3, -0.25) is 10.2 Å². The van der Waals surface area contributed by atoms with Gasteiger partial charge >= 0.3 is 0 Å². The number of aliphatic imine (C=N–C) groups is 1. The predicted molar refractivity (Wildman–Crippen MR) is 175 cm³/mol. The largest absolute Gasteiger partial charge is 0.494 e. The van der Waals surface area contributed by atoms with Crippen molar-refractivity contribution in [3.63, 3.8) is 0 Å². The van der Waals surface area contributed by atoms with Crippen LogP contribution in [0.15, 0.2) is 111 Å². The van der Waals surface area contributed by atoms with E-state index in [2.05, 4.69) is 42.7 Å². The number of ether oxygens (including phenoxy) is 2. The number of carbonyl (C=O) groups is 1. The van der Waals surface area contributed by atoms with E-state index in [1.54, 1.807) is 6.07 Å². The van der Waals surface area contributed by atoms with Crippen molar-refractivity contribution in [3.8, 4) is 5.75 Å². The molecule has 5 rings (SSSR count). The number of halogens is 3. The van der Waals surface area contributed by atoms with E-state index < -0.39 is 11.6 Å². The van der Waals surface area contributed by atoms with Gasteiger partial charge in [-0.25, -0.2) is 10.4 Å². The number of carbonyl (C=O) groups excluding carboxylic acids is 1. The van der Waals surface area contributed by atoms with Gasteiger partial charge in [0.15, 0.2) is 11.6 Å². The van der Waals surface area contributed by atoms with Crippen molar-refractivity contribution in [3.05, 3.63) is 133 Å². The number of aliphatic hydroxyl groups excluding tert-OH is 1. The molecule has 43 heavy (non-hydrogen) atoms. The lowest BCUT2D eigenvalue weighted by Crippen LogP contribution is -2.53. The van der Waals surface area contributed by atoms with Crippen molar-refractivity contribution in [2.24, 2.45) is 4.99 Å². The van der Waals surface area contributed by atoms with E-state index in [1.807, 2.05) is 91.0 Å². The predicted octanol–water partition coefficient (Wildman–Crippen LogP) is 6.95. The molecule has 4 aromatic carbocycles. The molecular weight excluding hydrogens is 698 g/mol. The fourth-order valence-electron chi connectivity index (χ4n) is 4.86. The maximum Gasteiger partial charge on any atom is 0.266 e. The number of amides is 1. The van der Waals surface area contributed by atoms with E-state index in [9.17, 15) is 4.79 Å². The van der Waals surface area contributed by atoms with Crippen molar-refractivity contribution < 1.29 is 19.4 Å². The third kappa shape index (κ3) is 7.48. The Labute approximate surface area is 272 Å². The Hall–Kier alpha value is -3.21. The number of rotatable bonds is 12. The van der Waals surface area contributed by atoms with Crippen LogP contribution in [-0.4, -0.2) is 35.7 Å². The zero-order chi connectivity index (χ0) is 30.2. The van der Waals surface area contributed by atoms with Crippen LogP contribution >= 0.6 is 43.5 Å². The van der Waals surface area contributed by atoms with Gasteiger partial charge < -0.3 is 14.6 Å². The van der Waals surface area contributed by atoms with E-state index in [4.69, 9.17) is 31.2 Å². The lowest BCUT2D eigenvalue weighted by molar-refractivity contribution is -0.130. The Morgan fingerprint density at radius 2 is 1.72 bits per heavy atom. The summed E-state index contributed by atoms with van der Waals surface area (Å²) in [7, 11) is 0. The first-order valence-corrected chi connectivity index (χ1v) is 15.7. The number of hydrogen-bond acceptors (Lipinski definition) is 6. The minimum atomic E-state index is -1.37. The van der Waals surface area contributed by atoms with Crippen LogP contribution in [0, 0.1) is 0 Å². The summed E-state index contributed by atoms with van der Waals surface area (Å²) in [6.07, 6.45) is 0.0545. The molecule has 0 unspecified atom stereocenters. The third-order valence-electron chi connectivity index (χ3n) is 7.02. The van der Waals surface area contributed by atoms with Gasteiger partial charge in [0.25, 0.3) is 5.91 Å². The molecule has 0 fully saturated rings. The summed E-state index contributed by atoms with van der Waals surface area (Å²) in [5.41, 5.74) is 7.93. The fraction of sp³-hybridized carbons (Fsp3) is 0.212. The first-order valence-electron chi connectivity index (χ1n) is 13.8. The summed E-state index contributed by atoms with van der Waals surface area (Å²) in [6, 6.07) is 30.3. The second kappa shape index (κ2) is 14.5. The monoisotopic (exact) mass is 725 g/mol. The molecule has 3 N–H and O–H groups in total. The molecule has 0 aromatic heterocycles. The molecule has 0 saturated heterocycles. The van der Waals surface area contributed by atoms with Gasteiger partial charge in [0.2, 0.25) is 5.90 Å². The van der Waals surface area contributed by atoms with Crippen LogP contribution in [0.4, 0.5) is 0 Å². The number of hydrazine groups is 1. The molecule has 0 bridgehead atoms. The van der Waals surface area contributed by atoms with Crippen LogP contribution < -0.4 is 15.6 Å². The van der Waals surface area contributed by atoms with Gasteiger partial charge in [0.1, 0.15) is 5.75 Å². The Morgan fingerprint density at radius 1 is 0.977 bits per heavy atom. The smallest absolute Gasteiger partial charge is 0.266 e. The van der Waals surface area contributed by atoms with Crippen LogP contribution in [0.3, 0.4) is 0 Å². The highest BCUT2D eigenvalue weighted by Gasteiger charge is 2.54. The first-order chi connectivity index (χ1) is 20.9. The SMILES string of the molecule is O=C(NNCc1cccc(Cl)c1)[C@@]1(Cc2ccccc2Br)N=C(c2ccc(OCCCO)cc2)O[C@H]1c1ccccc1Br. The molecular formula is C33H30Br2ClN3O4. The molecule has 1 aliphatic heterocycles. The van der Waals surface area contributed by atoms with E-state index >= 15 is 0 Å². The maximum atomic E-state index is 14.4. The summed E-state index contributed by atoms with van der Waals surface area (Å²) in [5.74, 6) is 0.672. The van der Waals surface area contributed by atoms with Crippen molar-refractivity contribution in [2.75, 3.05) is 13.2 Å². The van der Waals surface area contributed by atoms with Crippen LogP contribution in [0.1, 0.15) is 34.8 Å². The second-order valence-electron chi connectivity index (χ2n) is 10.0. The van der Waals surface area contributed by atoms with Crippen molar-refractivity contribution in [2.45, 2.75) is 31.0 Å². The lowest BCUT2D eigenvalue weighted by Gasteiger charge is -2.31. The van der Waals surface area contributed by atoms with E-state index in [1.165, 1.54) is 0 Å². The Kier molecular flexibility index (Phi) is 10.5. The minimum absolute atomic E-state index is 0.0643. The number of benzene rings is 4. The van der Waals surface area contributed by atoms with Crippen molar-refractivity contribution in [1.82, 2.24) is 10.9 Å². The summed E-state index contributed by atoms with van der Waals surface area (Å²) in [5, 5.41) is 9.67. The fourth-order valence-corrected chi connectivity index (χ4v) is 5.99. The first kappa shape index (κ1) is 31.2. The number of aliphatic hydroxyl groups is 1. The zero-order valence-corrected chi connectivity index (χ0v) is 27.0. The molecule has 7 nitrogen and oxygen atoms in total. The zero-order valence-electron chi connectivity index (χ0n) is 23.1. The molecule has 4 aromatic rings. The molecule has 2 atom stereocenters. The molecule has 1 amide bonds. The molecule has 222 valence electrons. The Morgan fingerprint density at radius 3 is 2.44 bits per heavy atom. The van der Waals surface area contributed by atoms with Crippen LogP contribution in [-0.2, 0) is 22.5 Å². The number of nitrogens with zero attached hydrogens (tertiary/aromatic N) is 1. The van der Waals surface area contributed by atoms with Gasteiger partial charge in [-0.15, -0.1) is 0 Å². The summed E-state index contributed by atoms with van der Waals surface area (Å²) in [6.45, 7) is 0.843. The summed E-state index contributed by atoms with van der Waals surface area (Å²) < 4.78 is 14.0. The molecule has 0 radical (unpaired) electrons. The van der Waals surface area contributed by atoms with Gasteiger partial charge in [-0.1, -0.05) is 92.0 Å². The Balaban J connectivity index is 1.53. The standard InChI is InChI=1S/C33H30Br2ClN3O4/c34-28-11-3-1-8-24(28)20-33(32(41)39-37-21-22-7-5-9-25(36)19-22)30(27-10-2-4-12-29(27)35)43-31(38-33)23-13-15-26(16-14-23)42-18-6-17-40/h1-5,7-16,19,30,37,40H,6,17-18,20-21H2,(H,39,41)/t30-,33-/m0/s1. The second-order valence-corrected chi connectivity index (χ2v) is 12.2. The number of hydrogen-bond donors (Lipinski definition) is 3. The molecule has 0 aliphatic carbocycles. The summed E-state index contributed by atoms with van der Waals surface area (Å²) in [4.78, 5) is 19.4. The quantitative estimate of drug-likeness (QED) is 0.109. The lowest BCUT2D eigenvalue weighted by atomic mass is 9.82. The molecule has 0 saturated carbocycles. The molecule has 10 heteroatoms. The summed E-state index contributed by atoms with van der Waals surface area (Å²) >= 11 is 13.5. The topological polar surface area (TPSA) is 92.2 Å². The maximum absolute atomic E-state index is 14.4. The highest BCUT2D eigenvalue weighted by molar-refractivity contribution is 9.10. The van der Waals surface area contributed by atoms with Crippen molar-refractivity contribution in [1.29, 1.82) is 0 Å². The van der Waals surface area contributed by atoms with Gasteiger partial charge in [-0.05, 0) is 59.7 Å². The molecule has 1 heterocycles. The third-order valence-corrected chi connectivity index (χ3v) is 8.75. The van der Waals surface area contributed by atoms with Gasteiger partial charge in [0, 0.05) is 51.1 Å². The van der Waals surface area contributed by atoms with Crippen molar-refractivity contribution >= 4 is 55.3 Å². The van der Waals surface area contributed by atoms with Crippen LogP contribution in [0.5, 0.6) is 5.75 Å². The van der Waals surface area contributed by atoms with Crippen LogP contribution in [0.2, 0.25) is 5.02 Å². The Bertz CT molecular complexity index is 1600. The minimum Gasteiger partial charge on any atom is -0.494 e. The molecule has 0 spiro atoms. The van der Waals surface area contributed by atoms with E-state index in [-0.39, 0.29) is 18.9 Å². The van der Waals surface area contributed by atoms with E-state index in [0.717, 1.165) is 25.6 Å². The highest BCUT2D eigenvalue weighted by Crippen LogP contribution is 2.45. The molecule has 1 aliphatic rings. The average Bonchev–Trinajstić information content (AvgIpc) is 3.39. The normalized spacial score (nSPS) is 17.7. The van der Waals surface area contributed by atoms with Gasteiger partial charge in [-0.2, -0.15) is 0 Å².